The van der Waals surface area contributed by atoms with Crippen LogP contribution in [0.15, 0.2) is 59.8 Å². The number of urea groups is 1. The molecule has 6 nitrogen and oxygen atoms in total. The maximum absolute atomic E-state index is 12.7. The fourth-order valence-electron chi connectivity index (χ4n) is 4.02. The number of methoxy groups -OCH3 is 1. The fraction of sp³-hybridized carbons (Fsp3) is 0.304. The summed E-state index contributed by atoms with van der Waals surface area (Å²) in [6, 6.07) is 15.4. The minimum atomic E-state index is -0.538. The van der Waals surface area contributed by atoms with Crippen molar-refractivity contribution < 1.29 is 14.3 Å². The predicted molar refractivity (Wildman–Crippen MR) is 110 cm³/mol. The maximum atomic E-state index is 12.7. The maximum Gasteiger partial charge on any atom is 0.338 e. The summed E-state index contributed by atoms with van der Waals surface area (Å²) in [5.41, 5.74) is 5.67. The molecule has 0 bridgehead atoms. The number of carbonyl (C=O) groups excluding carboxylic acids is 2. The largest absolute Gasteiger partial charge is 0.466 e. The predicted octanol–water partition coefficient (Wildman–Crippen LogP) is 2.83. The van der Waals surface area contributed by atoms with Crippen LogP contribution in [0.5, 0.6) is 0 Å². The third-order valence-corrected chi connectivity index (χ3v) is 5.56. The molecule has 2 aromatic rings. The molecule has 0 aromatic heterocycles. The average Bonchev–Trinajstić information content (AvgIpc) is 2.73. The van der Waals surface area contributed by atoms with Gasteiger partial charge in [-0.1, -0.05) is 54.1 Å². The van der Waals surface area contributed by atoms with Crippen molar-refractivity contribution in [1.29, 1.82) is 0 Å². The van der Waals surface area contributed by atoms with E-state index < -0.39 is 12.0 Å². The van der Waals surface area contributed by atoms with E-state index in [0.29, 0.717) is 17.8 Å². The lowest BCUT2D eigenvalue weighted by Gasteiger charge is -2.34. The van der Waals surface area contributed by atoms with Crippen LogP contribution in [0.3, 0.4) is 0 Å². The quantitative estimate of drug-likeness (QED) is 0.787. The standard InChI is InChI=1S/C23H25N3O3/c1-15-7-9-17(10-8-15)21-20(22(27)29-2)19(24-23(28)25-21)14-26-12-11-16-5-3-4-6-18(16)13-26/h3-10,21H,11-14H2,1-2H3,(H2,24,25,28). The third kappa shape index (κ3) is 4.03. The van der Waals surface area contributed by atoms with Crippen LogP contribution in [0.1, 0.15) is 28.3 Å². The molecule has 2 aliphatic rings. The first kappa shape index (κ1) is 19.2. The van der Waals surface area contributed by atoms with E-state index in [9.17, 15) is 9.59 Å². The van der Waals surface area contributed by atoms with Gasteiger partial charge in [-0.3, -0.25) is 4.90 Å². The third-order valence-electron chi connectivity index (χ3n) is 5.56. The molecule has 6 heteroatoms. The number of hydrogen-bond donors (Lipinski definition) is 2. The number of nitrogens with zero attached hydrogens (tertiary/aromatic N) is 1. The van der Waals surface area contributed by atoms with Crippen molar-refractivity contribution in [2.45, 2.75) is 25.9 Å². The summed E-state index contributed by atoms with van der Waals surface area (Å²) in [7, 11) is 1.37. The zero-order valence-corrected chi connectivity index (χ0v) is 16.7. The zero-order valence-electron chi connectivity index (χ0n) is 16.7. The Morgan fingerprint density at radius 1 is 1.14 bits per heavy atom. The summed E-state index contributed by atoms with van der Waals surface area (Å²) in [5, 5.41) is 5.72. The lowest BCUT2D eigenvalue weighted by atomic mass is 9.94. The highest BCUT2D eigenvalue weighted by atomic mass is 16.5. The van der Waals surface area contributed by atoms with Gasteiger partial charge in [-0.05, 0) is 30.0 Å². The van der Waals surface area contributed by atoms with Gasteiger partial charge in [0.2, 0.25) is 0 Å². The van der Waals surface area contributed by atoms with E-state index in [1.807, 2.05) is 37.3 Å². The van der Waals surface area contributed by atoms with Gasteiger partial charge in [0.15, 0.2) is 0 Å². The molecule has 2 N–H and O–H groups in total. The van der Waals surface area contributed by atoms with Crippen molar-refractivity contribution in [3.8, 4) is 0 Å². The summed E-state index contributed by atoms with van der Waals surface area (Å²) in [6.45, 7) is 4.14. The number of ether oxygens (including phenoxy) is 1. The SMILES string of the molecule is COC(=O)C1=C(CN2CCc3ccccc3C2)NC(=O)NC1c1ccc(C)cc1. The second-order valence-electron chi connectivity index (χ2n) is 7.56. The van der Waals surface area contributed by atoms with Gasteiger partial charge in [-0.25, -0.2) is 9.59 Å². The van der Waals surface area contributed by atoms with Crippen LogP contribution >= 0.6 is 0 Å². The Hall–Kier alpha value is -3.12. The number of aryl methyl sites for hydroxylation is 1. The molecule has 0 aliphatic carbocycles. The van der Waals surface area contributed by atoms with Gasteiger partial charge in [0.05, 0.1) is 18.7 Å². The van der Waals surface area contributed by atoms with Gasteiger partial charge in [0, 0.05) is 25.3 Å². The molecule has 1 atom stereocenters. The van der Waals surface area contributed by atoms with Crippen molar-refractivity contribution in [2.24, 2.45) is 0 Å². The molecule has 0 spiro atoms. The van der Waals surface area contributed by atoms with Crippen LogP contribution in [0.2, 0.25) is 0 Å². The number of rotatable bonds is 4. The van der Waals surface area contributed by atoms with Crippen LogP contribution in [-0.2, 0) is 22.5 Å². The highest BCUT2D eigenvalue weighted by Gasteiger charge is 2.34. The van der Waals surface area contributed by atoms with Gasteiger partial charge >= 0.3 is 12.0 Å². The van der Waals surface area contributed by atoms with E-state index in [0.717, 1.165) is 30.6 Å². The Morgan fingerprint density at radius 2 is 1.86 bits per heavy atom. The summed E-state index contributed by atoms with van der Waals surface area (Å²) in [6.07, 6.45) is 0.949. The Balaban J connectivity index is 1.66. The van der Waals surface area contributed by atoms with E-state index in [4.69, 9.17) is 4.74 Å². The first-order valence-electron chi connectivity index (χ1n) is 9.79. The summed E-state index contributed by atoms with van der Waals surface area (Å²) >= 11 is 0. The number of benzene rings is 2. The lowest BCUT2D eigenvalue weighted by molar-refractivity contribution is -0.136. The Labute approximate surface area is 170 Å². The normalized spacial score (nSPS) is 19.2. The molecule has 29 heavy (non-hydrogen) atoms. The monoisotopic (exact) mass is 391 g/mol. The van der Waals surface area contributed by atoms with Crippen molar-refractivity contribution in [1.82, 2.24) is 15.5 Å². The molecule has 2 aliphatic heterocycles. The second kappa shape index (κ2) is 8.09. The van der Waals surface area contributed by atoms with E-state index in [1.165, 1.54) is 18.2 Å². The number of hydrogen-bond acceptors (Lipinski definition) is 4. The zero-order chi connectivity index (χ0) is 20.4. The first-order chi connectivity index (χ1) is 14.0. The molecule has 2 heterocycles. The summed E-state index contributed by atoms with van der Waals surface area (Å²) in [4.78, 5) is 27.3. The topological polar surface area (TPSA) is 70.7 Å². The van der Waals surface area contributed by atoms with Gasteiger partial charge in [-0.15, -0.1) is 0 Å². The molecule has 0 radical (unpaired) electrons. The highest BCUT2D eigenvalue weighted by molar-refractivity contribution is 5.95. The Morgan fingerprint density at radius 3 is 2.59 bits per heavy atom. The lowest BCUT2D eigenvalue weighted by Crippen LogP contribution is -2.48. The van der Waals surface area contributed by atoms with E-state index in [2.05, 4.69) is 33.7 Å². The van der Waals surface area contributed by atoms with Crippen molar-refractivity contribution >= 4 is 12.0 Å². The Bertz CT molecular complexity index is 966. The van der Waals surface area contributed by atoms with Gasteiger partial charge < -0.3 is 15.4 Å². The molecular formula is C23H25N3O3. The fourth-order valence-corrected chi connectivity index (χ4v) is 4.02. The van der Waals surface area contributed by atoms with Crippen LogP contribution in [-0.4, -0.2) is 37.1 Å². The smallest absolute Gasteiger partial charge is 0.338 e. The molecule has 2 amide bonds. The van der Waals surface area contributed by atoms with E-state index >= 15 is 0 Å². The number of esters is 1. The average molecular weight is 391 g/mol. The minimum absolute atomic E-state index is 0.310. The van der Waals surface area contributed by atoms with Gasteiger partial charge in [0.1, 0.15) is 0 Å². The van der Waals surface area contributed by atoms with Crippen LogP contribution in [0.25, 0.3) is 0 Å². The first-order valence-corrected chi connectivity index (χ1v) is 9.79. The van der Waals surface area contributed by atoms with Crippen LogP contribution in [0.4, 0.5) is 4.79 Å². The summed E-state index contributed by atoms with van der Waals surface area (Å²) in [5.74, 6) is -0.435. The Kier molecular flexibility index (Phi) is 5.36. The molecule has 4 rings (SSSR count). The molecule has 1 unspecified atom stereocenters. The summed E-state index contributed by atoms with van der Waals surface area (Å²) < 4.78 is 5.07. The number of fused-ring (bicyclic) bond motifs is 1. The number of amides is 2. The second-order valence-corrected chi connectivity index (χ2v) is 7.56. The molecule has 0 fully saturated rings. The van der Waals surface area contributed by atoms with Crippen molar-refractivity contribution in [3.63, 3.8) is 0 Å². The number of carbonyl (C=O) groups is 2. The van der Waals surface area contributed by atoms with E-state index in [1.54, 1.807) is 0 Å². The molecular weight excluding hydrogens is 366 g/mol. The minimum Gasteiger partial charge on any atom is -0.466 e. The molecule has 0 saturated heterocycles. The highest BCUT2D eigenvalue weighted by Crippen LogP contribution is 2.29. The van der Waals surface area contributed by atoms with Crippen LogP contribution < -0.4 is 10.6 Å². The van der Waals surface area contributed by atoms with Crippen molar-refractivity contribution in [3.05, 3.63) is 82.1 Å². The van der Waals surface area contributed by atoms with Crippen molar-refractivity contribution in [2.75, 3.05) is 20.2 Å². The van der Waals surface area contributed by atoms with Gasteiger partial charge in [0.25, 0.3) is 0 Å². The molecule has 150 valence electrons. The number of nitrogens with one attached hydrogen (secondary N) is 2. The molecule has 0 saturated carbocycles. The van der Waals surface area contributed by atoms with Crippen LogP contribution in [0, 0.1) is 6.92 Å². The molecule has 2 aromatic carbocycles. The van der Waals surface area contributed by atoms with Gasteiger partial charge in [-0.2, -0.15) is 0 Å². The van der Waals surface area contributed by atoms with E-state index in [-0.39, 0.29) is 6.03 Å².